The molecule has 1 aliphatic rings. The third-order valence-corrected chi connectivity index (χ3v) is 4.59. The Labute approximate surface area is 126 Å². The number of hydrogen-bond donors (Lipinski definition) is 1. The SMILES string of the molecule is COc1ccc2cc(C(C)N3CCCC(N)C3)ccc2c1. The number of fused-ring (bicyclic) bond motifs is 1. The van der Waals surface area contributed by atoms with Crippen molar-refractivity contribution in [2.75, 3.05) is 20.2 Å². The van der Waals surface area contributed by atoms with Crippen LogP contribution in [0.3, 0.4) is 0 Å². The fourth-order valence-corrected chi connectivity index (χ4v) is 3.23. The molecule has 1 fully saturated rings. The lowest BCUT2D eigenvalue weighted by atomic mass is 9.98. The van der Waals surface area contributed by atoms with Gasteiger partial charge in [0.1, 0.15) is 5.75 Å². The molecule has 2 aromatic rings. The van der Waals surface area contributed by atoms with Gasteiger partial charge in [-0.05, 0) is 60.8 Å². The lowest BCUT2D eigenvalue weighted by Gasteiger charge is -2.35. The van der Waals surface area contributed by atoms with E-state index < -0.39 is 0 Å². The molecule has 1 aliphatic heterocycles. The van der Waals surface area contributed by atoms with Crippen LogP contribution in [0, 0.1) is 0 Å². The largest absolute Gasteiger partial charge is 0.497 e. The lowest BCUT2D eigenvalue weighted by Crippen LogP contribution is -2.43. The first-order chi connectivity index (χ1) is 10.2. The highest BCUT2D eigenvalue weighted by Crippen LogP contribution is 2.28. The first-order valence-electron chi connectivity index (χ1n) is 7.74. The van der Waals surface area contributed by atoms with Crippen molar-refractivity contribution in [3.05, 3.63) is 42.0 Å². The molecule has 3 rings (SSSR count). The second-order valence-corrected chi connectivity index (χ2v) is 6.05. The number of piperidine rings is 1. The molecule has 112 valence electrons. The van der Waals surface area contributed by atoms with E-state index in [1.807, 2.05) is 6.07 Å². The Morgan fingerprint density at radius 3 is 2.71 bits per heavy atom. The van der Waals surface area contributed by atoms with E-state index in [-0.39, 0.29) is 0 Å². The van der Waals surface area contributed by atoms with Crippen LogP contribution in [0.4, 0.5) is 0 Å². The molecule has 3 nitrogen and oxygen atoms in total. The van der Waals surface area contributed by atoms with Crippen molar-refractivity contribution in [1.29, 1.82) is 0 Å². The number of rotatable bonds is 3. The van der Waals surface area contributed by atoms with Crippen LogP contribution >= 0.6 is 0 Å². The van der Waals surface area contributed by atoms with Gasteiger partial charge >= 0.3 is 0 Å². The third kappa shape index (κ3) is 3.04. The summed E-state index contributed by atoms with van der Waals surface area (Å²) in [5, 5.41) is 2.49. The average molecular weight is 284 g/mol. The Hall–Kier alpha value is -1.58. The fraction of sp³-hybridized carbons (Fsp3) is 0.444. The van der Waals surface area contributed by atoms with E-state index in [1.165, 1.54) is 22.8 Å². The molecule has 21 heavy (non-hydrogen) atoms. The van der Waals surface area contributed by atoms with E-state index in [2.05, 4.69) is 42.2 Å². The smallest absolute Gasteiger partial charge is 0.119 e. The molecule has 0 aromatic heterocycles. The van der Waals surface area contributed by atoms with Crippen molar-refractivity contribution < 1.29 is 4.74 Å². The second kappa shape index (κ2) is 6.04. The summed E-state index contributed by atoms with van der Waals surface area (Å²) >= 11 is 0. The van der Waals surface area contributed by atoms with Crippen LogP contribution in [0.5, 0.6) is 5.75 Å². The molecule has 1 heterocycles. The highest BCUT2D eigenvalue weighted by molar-refractivity contribution is 5.84. The number of ether oxygens (including phenoxy) is 1. The summed E-state index contributed by atoms with van der Waals surface area (Å²) in [4.78, 5) is 2.50. The fourth-order valence-electron chi connectivity index (χ4n) is 3.23. The Kier molecular flexibility index (Phi) is 4.13. The van der Waals surface area contributed by atoms with E-state index in [1.54, 1.807) is 7.11 Å². The molecule has 0 aliphatic carbocycles. The van der Waals surface area contributed by atoms with Gasteiger partial charge in [0.25, 0.3) is 0 Å². The summed E-state index contributed by atoms with van der Waals surface area (Å²) < 4.78 is 5.28. The molecular weight excluding hydrogens is 260 g/mol. The van der Waals surface area contributed by atoms with Gasteiger partial charge in [-0.2, -0.15) is 0 Å². The summed E-state index contributed by atoms with van der Waals surface area (Å²) in [6.07, 6.45) is 2.36. The molecule has 0 amide bonds. The van der Waals surface area contributed by atoms with Crippen molar-refractivity contribution in [2.45, 2.75) is 31.8 Å². The van der Waals surface area contributed by atoms with Gasteiger partial charge in [0.05, 0.1) is 7.11 Å². The molecule has 3 heteroatoms. The quantitative estimate of drug-likeness (QED) is 0.939. The number of benzene rings is 2. The Morgan fingerprint density at radius 2 is 1.95 bits per heavy atom. The third-order valence-electron chi connectivity index (χ3n) is 4.59. The van der Waals surface area contributed by atoms with Gasteiger partial charge in [-0.15, -0.1) is 0 Å². The Bertz CT molecular complexity index is 626. The van der Waals surface area contributed by atoms with Gasteiger partial charge in [-0.1, -0.05) is 18.2 Å². The summed E-state index contributed by atoms with van der Waals surface area (Å²) in [5.74, 6) is 0.908. The molecule has 2 unspecified atom stereocenters. The zero-order valence-electron chi connectivity index (χ0n) is 12.9. The summed E-state index contributed by atoms with van der Waals surface area (Å²) in [6.45, 7) is 4.43. The highest BCUT2D eigenvalue weighted by atomic mass is 16.5. The van der Waals surface area contributed by atoms with Gasteiger partial charge in [0.15, 0.2) is 0 Å². The molecule has 1 saturated heterocycles. The van der Waals surface area contributed by atoms with Crippen molar-refractivity contribution in [2.24, 2.45) is 5.73 Å². The van der Waals surface area contributed by atoms with Crippen molar-refractivity contribution >= 4 is 10.8 Å². The van der Waals surface area contributed by atoms with E-state index in [0.29, 0.717) is 12.1 Å². The number of nitrogens with two attached hydrogens (primary N) is 1. The van der Waals surface area contributed by atoms with Gasteiger partial charge in [-0.25, -0.2) is 0 Å². The van der Waals surface area contributed by atoms with Crippen molar-refractivity contribution in [3.8, 4) is 5.75 Å². The highest BCUT2D eigenvalue weighted by Gasteiger charge is 2.22. The summed E-state index contributed by atoms with van der Waals surface area (Å²) in [7, 11) is 1.71. The predicted octanol–water partition coefficient (Wildman–Crippen LogP) is 3.33. The van der Waals surface area contributed by atoms with Gasteiger partial charge in [-0.3, -0.25) is 4.90 Å². The second-order valence-electron chi connectivity index (χ2n) is 6.05. The maximum atomic E-state index is 6.11. The predicted molar refractivity (Wildman–Crippen MR) is 87.7 cm³/mol. The molecule has 2 aromatic carbocycles. The molecule has 2 N–H and O–H groups in total. The number of methoxy groups -OCH3 is 1. The first-order valence-corrected chi connectivity index (χ1v) is 7.74. The molecule has 0 radical (unpaired) electrons. The van der Waals surface area contributed by atoms with E-state index in [9.17, 15) is 0 Å². The van der Waals surface area contributed by atoms with Gasteiger partial charge in [0, 0.05) is 18.6 Å². The first kappa shape index (κ1) is 14.4. The minimum atomic E-state index is 0.325. The molecule has 0 saturated carbocycles. The van der Waals surface area contributed by atoms with Crippen LogP contribution in [0.15, 0.2) is 36.4 Å². The van der Waals surface area contributed by atoms with Crippen LogP contribution in [0.1, 0.15) is 31.4 Å². The van der Waals surface area contributed by atoms with Gasteiger partial charge in [0.2, 0.25) is 0 Å². The lowest BCUT2D eigenvalue weighted by molar-refractivity contribution is 0.159. The van der Waals surface area contributed by atoms with Crippen LogP contribution < -0.4 is 10.5 Å². The standard InChI is InChI=1S/C18H24N2O/c1-13(20-9-3-4-17(19)12-20)14-5-6-16-11-18(21-2)8-7-15(16)10-14/h5-8,10-11,13,17H,3-4,9,12,19H2,1-2H3. The number of hydrogen-bond acceptors (Lipinski definition) is 3. The molecular formula is C18H24N2O. The van der Waals surface area contributed by atoms with Crippen LogP contribution in [-0.2, 0) is 0 Å². The zero-order chi connectivity index (χ0) is 14.8. The van der Waals surface area contributed by atoms with Crippen LogP contribution in [0.25, 0.3) is 10.8 Å². The zero-order valence-corrected chi connectivity index (χ0v) is 12.9. The minimum absolute atomic E-state index is 0.325. The van der Waals surface area contributed by atoms with Crippen molar-refractivity contribution in [3.63, 3.8) is 0 Å². The molecule has 2 atom stereocenters. The Morgan fingerprint density at radius 1 is 1.19 bits per heavy atom. The summed E-state index contributed by atoms with van der Waals surface area (Å²) in [5.41, 5.74) is 7.47. The van der Waals surface area contributed by atoms with E-state index in [4.69, 9.17) is 10.5 Å². The number of likely N-dealkylation sites (tertiary alicyclic amines) is 1. The topological polar surface area (TPSA) is 38.5 Å². The van der Waals surface area contributed by atoms with Crippen LogP contribution in [0.2, 0.25) is 0 Å². The normalized spacial score (nSPS) is 21.4. The maximum absolute atomic E-state index is 6.11. The molecule has 0 bridgehead atoms. The van der Waals surface area contributed by atoms with Gasteiger partial charge < -0.3 is 10.5 Å². The monoisotopic (exact) mass is 284 g/mol. The van der Waals surface area contributed by atoms with E-state index >= 15 is 0 Å². The summed E-state index contributed by atoms with van der Waals surface area (Å²) in [6, 6.07) is 13.7. The van der Waals surface area contributed by atoms with Crippen molar-refractivity contribution in [1.82, 2.24) is 4.90 Å². The average Bonchev–Trinajstić information content (AvgIpc) is 2.53. The number of nitrogens with zero attached hydrogens (tertiary/aromatic N) is 1. The Balaban J connectivity index is 1.86. The minimum Gasteiger partial charge on any atom is -0.497 e. The maximum Gasteiger partial charge on any atom is 0.119 e. The van der Waals surface area contributed by atoms with Crippen LogP contribution in [-0.4, -0.2) is 31.1 Å². The molecule has 0 spiro atoms. The van der Waals surface area contributed by atoms with E-state index in [0.717, 1.165) is 25.3 Å².